The minimum atomic E-state index is -0.423. The van der Waals surface area contributed by atoms with E-state index in [9.17, 15) is 0 Å². The molecule has 2 nitrogen and oxygen atoms in total. The summed E-state index contributed by atoms with van der Waals surface area (Å²) in [5.74, 6) is 0. The number of hydrogen-bond donors (Lipinski definition) is 0. The van der Waals surface area contributed by atoms with E-state index in [-0.39, 0.29) is 10.8 Å². The Balaban J connectivity index is 0.886. The van der Waals surface area contributed by atoms with Crippen LogP contribution in [0.15, 0.2) is 217 Å². The van der Waals surface area contributed by atoms with Gasteiger partial charge in [-0.1, -0.05) is 204 Å². The highest BCUT2D eigenvalue weighted by molar-refractivity contribution is 6.15. The van der Waals surface area contributed by atoms with Crippen molar-refractivity contribution >= 4 is 39.0 Å². The lowest BCUT2D eigenvalue weighted by Gasteiger charge is -2.30. The molecule has 15 rings (SSSR count). The molecular weight excluding hydrogens is 835 g/mol. The molecule has 0 bridgehead atoms. The molecule has 0 radical (unpaired) electrons. The van der Waals surface area contributed by atoms with Crippen LogP contribution in [0.2, 0.25) is 0 Å². The first kappa shape index (κ1) is 38.9. The van der Waals surface area contributed by atoms with E-state index in [4.69, 9.17) is 4.42 Å². The van der Waals surface area contributed by atoms with Gasteiger partial charge < -0.3 is 9.32 Å². The van der Waals surface area contributed by atoms with Crippen molar-refractivity contribution in [1.29, 1.82) is 0 Å². The number of para-hydroxylation sites is 1. The monoisotopic (exact) mass is 881 g/mol. The normalized spacial score (nSPS) is 15.3. The molecule has 0 atom stereocenters. The van der Waals surface area contributed by atoms with Crippen molar-refractivity contribution in [2.24, 2.45) is 0 Å². The Morgan fingerprint density at radius 2 is 0.725 bits per heavy atom. The highest BCUT2D eigenvalue weighted by atomic mass is 16.3. The molecule has 4 aliphatic carbocycles. The van der Waals surface area contributed by atoms with Crippen molar-refractivity contribution in [3.05, 3.63) is 257 Å². The summed E-state index contributed by atoms with van der Waals surface area (Å²) in [6.45, 7) is 9.47. The van der Waals surface area contributed by atoms with E-state index in [2.05, 4.69) is 245 Å². The van der Waals surface area contributed by atoms with Crippen molar-refractivity contribution < 1.29 is 4.42 Å². The third-order valence-corrected chi connectivity index (χ3v) is 16.7. The maximum absolute atomic E-state index is 7.30. The van der Waals surface area contributed by atoms with Crippen LogP contribution in [0.4, 0.5) is 17.1 Å². The molecule has 326 valence electrons. The molecule has 0 fully saturated rings. The molecule has 10 aromatic carbocycles. The highest BCUT2D eigenvalue weighted by Gasteiger charge is 2.52. The number of nitrogens with zero attached hydrogens (tertiary/aromatic N) is 1. The molecule has 0 saturated carbocycles. The Morgan fingerprint density at radius 1 is 0.304 bits per heavy atom. The lowest BCUT2D eigenvalue weighted by molar-refractivity contribution is 0.660. The minimum Gasteiger partial charge on any atom is -0.455 e. The van der Waals surface area contributed by atoms with Crippen molar-refractivity contribution in [2.75, 3.05) is 4.90 Å². The first-order chi connectivity index (χ1) is 33.7. The molecule has 0 saturated heterocycles. The average molecular weight is 882 g/mol. The second-order valence-corrected chi connectivity index (χ2v) is 20.7. The van der Waals surface area contributed by atoms with Crippen LogP contribution in [0.25, 0.3) is 77.6 Å². The number of furan rings is 1. The number of hydrogen-bond acceptors (Lipinski definition) is 2. The molecule has 0 amide bonds. The Hall–Kier alpha value is -8.20. The molecule has 0 aliphatic heterocycles. The third-order valence-electron chi connectivity index (χ3n) is 16.7. The molecule has 0 unspecified atom stereocenters. The summed E-state index contributed by atoms with van der Waals surface area (Å²) < 4.78 is 7.30. The first-order valence-corrected chi connectivity index (χ1v) is 24.4. The zero-order valence-corrected chi connectivity index (χ0v) is 39.1. The van der Waals surface area contributed by atoms with E-state index in [1.807, 2.05) is 0 Å². The second-order valence-electron chi connectivity index (χ2n) is 20.7. The summed E-state index contributed by atoms with van der Waals surface area (Å²) in [6.07, 6.45) is 0. The van der Waals surface area contributed by atoms with Crippen LogP contribution in [-0.2, 0) is 16.2 Å². The molecule has 1 aromatic heterocycles. The molecule has 1 heterocycles. The van der Waals surface area contributed by atoms with E-state index in [1.54, 1.807) is 0 Å². The van der Waals surface area contributed by atoms with Crippen molar-refractivity contribution in [2.45, 2.75) is 43.9 Å². The Bertz CT molecular complexity index is 3880. The number of benzene rings is 10. The molecule has 4 aliphatic rings. The summed E-state index contributed by atoms with van der Waals surface area (Å²) in [6, 6.07) is 79.5. The van der Waals surface area contributed by atoms with Crippen LogP contribution in [0.1, 0.15) is 72.2 Å². The summed E-state index contributed by atoms with van der Waals surface area (Å²) in [4.78, 5) is 2.46. The number of anilines is 3. The first-order valence-electron chi connectivity index (χ1n) is 24.4. The second kappa shape index (κ2) is 13.5. The van der Waals surface area contributed by atoms with E-state index in [1.165, 1.54) is 89.0 Å². The lowest BCUT2D eigenvalue weighted by Crippen LogP contribution is -2.25. The van der Waals surface area contributed by atoms with Crippen LogP contribution >= 0.6 is 0 Å². The maximum Gasteiger partial charge on any atom is 0.143 e. The van der Waals surface area contributed by atoms with Gasteiger partial charge in [-0.2, -0.15) is 0 Å². The van der Waals surface area contributed by atoms with E-state index < -0.39 is 5.41 Å². The van der Waals surface area contributed by atoms with Crippen molar-refractivity contribution in [3.63, 3.8) is 0 Å². The van der Waals surface area contributed by atoms with Crippen molar-refractivity contribution in [1.82, 2.24) is 0 Å². The fraction of sp³-hybridized carbons (Fsp3) is 0.104. The van der Waals surface area contributed by atoms with Crippen molar-refractivity contribution in [3.8, 4) is 55.6 Å². The summed E-state index contributed by atoms with van der Waals surface area (Å²) in [7, 11) is 0. The van der Waals surface area contributed by atoms with Crippen LogP contribution in [-0.4, -0.2) is 0 Å². The zero-order chi connectivity index (χ0) is 46.0. The van der Waals surface area contributed by atoms with E-state index >= 15 is 0 Å². The molecule has 0 N–H and O–H groups in total. The Labute approximate surface area is 402 Å². The number of rotatable bonds is 4. The smallest absolute Gasteiger partial charge is 0.143 e. The predicted molar refractivity (Wildman–Crippen MR) is 285 cm³/mol. The van der Waals surface area contributed by atoms with Gasteiger partial charge in [-0.3, -0.25) is 0 Å². The fourth-order valence-corrected chi connectivity index (χ4v) is 13.6. The van der Waals surface area contributed by atoms with Gasteiger partial charge >= 0.3 is 0 Å². The zero-order valence-electron chi connectivity index (χ0n) is 39.1. The summed E-state index contributed by atoms with van der Waals surface area (Å²) in [5, 5.41) is 2.27. The van der Waals surface area contributed by atoms with Crippen LogP contribution in [0.5, 0.6) is 0 Å². The van der Waals surface area contributed by atoms with Gasteiger partial charge in [0.05, 0.1) is 5.41 Å². The minimum absolute atomic E-state index is 0.126. The van der Waals surface area contributed by atoms with Crippen LogP contribution in [0, 0.1) is 0 Å². The van der Waals surface area contributed by atoms with E-state index in [0.29, 0.717) is 0 Å². The van der Waals surface area contributed by atoms with Gasteiger partial charge in [-0.25, -0.2) is 0 Å². The standard InChI is InChI=1S/C67H47NO/c1-65(2)54-23-10-5-16-45(54)49-34-32-42(38-60(49)65)68(43-33-35-50-46-17-6-11-24-55(46)66(3,4)61(50)39-43)41-30-28-40(29-31-41)44-21-15-22-51-52-36-37-59-62(64(52)69-63(44)51)53-20-9-14-27-58(53)67(59)56-25-12-7-18-47(56)48-19-8-13-26-57(48)67/h5-39H,1-4H3. The predicted octanol–water partition coefficient (Wildman–Crippen LogP) is 17.7. The number of fused-ring (bicyclic) bond motifs is 20. The van der Waals surface area contributed by atoms with Gasteiger partial charge in [-0.15, -0.1) is 0 Å². The van der Waals surface area contributed by atoms with Gasteiger partial charge in [0.15, 0.2) is 0 Å². The molecule has 69 heavy (non-hydrogen) atoms. The largest absolute Gasteiger partial charge is 0.455 e. The average Bonchev–Trinajstić information content (AvgIpc) is 4.13. The summed E-state index contributed by atoms with van der Waals surface area (Å²) >= 11 is 0. The van der Waals surface area contributed by atoms with Crippen LogP contribution < -0.4 is 4.90 Å². The lowest BCUT2D eigenvalue weighted by atomic mass is 9.70. The summed E-state index contributed by atoms with van der Waals surface area (Å²) in [5.41, 5.74) is 27.9. The van der Waals surface area contributed by atoms with Crippen LogP contribution in [0.3, 0.4) is 0 Å². The highest BCUT2D eigenvalue weighted by Crippen LogP contribution is 2.64. The van der Waals surface area contributed by atoms with Gasteiger partial charge in [0, 0.05) is 49.8 Å². The third kappa shape index (κ3) is 4.91. The fourth-order valence-electron chi connectivity index (χ4n) is 13.6. The topological polar surface area (TPSA) is 16.4 Å². The van der Waals surface area contributed by atoms with Gasteiger partial charge in [0.1, 0.15) is 11.2 Å². The maximum atomic E-state index is 7.30. The molecule has 1 spiro atoms. The van der Waals surface area contributed by atoms with Gasteiger partial charge in [0.25, 0.3) is 0 Å². The van der Waals surface area contributed by atoms with Gasteiger partial charge in [0.2, 0.25) is 0 Å². The Kier molecular flexibility index (Phi) is 7.60. The molecular formula is C67H47NO. The SMILES string of the molecule is CC1(C)c2ccccc2-c2ccc(N(c3ccc(-c4cccc5c4oc4c6c(ccc45)C4(c5ccccc5-c5ccccc54)c4ccccc4-6)cc3)c3ccc4c(c3)C(C)(C)c3ccccc3-4)cc21. The Morgan fingerprint density at radius 3 is 1.28 bits per heavy atom. The van der Waals surface area contributed by atoms with Gasteiger partial charge in [-0.05, 0) is 125 Å². The van der Waals surface area contributed by atoms with E-state index in [0.717, 1.165) is 50.1 Å². The quantitative estimate of drug-likeness (QED) is 0.175. The molecule has 11 aromatic rings. The molecule has 2 heteroatoms.